The van der Waals surface area contributed by atoms with Crippen LogP contribution in [0.3, 0.4) is 0 Å². The lowest BCUT2D eigenvalue weighted by Crippen LogP contribution is -2.22. The third-order valence-corrected chi connectivity index (χ3v) is 12.4. The van der Waals surface area contributed by atoms with E-state index in [4.69, 9.17) is 21.1 Å². The lowest BCUT2D eigenvalue weighted by atomic mass is 10.0. The van der Waals surface area contributed by atoms with Crippen molar-refractivity contribution in [2.45, 2.75) is 19.8 Å². The molecule has 2 aromatic heterocycles. The van der Waals surface area contributed by atoms with Gasteiger partial charge in [0.25, 0.3) is 11.8 Å². The Morgan fingerprint density at radius 1 is 0.712 bits per heavy atom. The number of ether oxygens (including phenoxy) is 2. The summed E-state index contributed by atoms with van der Waals surface area (Å²) in [5.74, 6) is -1.53. The summed E-state index contributed by atoms with van der Waals surface area (Å²) in [7, 11) is 3.10. The van der Waals surface area contributed by atoms with E-state index in [9.17, 15) is 28.0 Å². The summed E-state index contributed by atoms with van der Waals surface area (Å²) in [6, 6.07) is 36.6. The number of amides is 2. The van der Waals surface area contributed by atoms with Gasteiger partial charge in [-0.05, 0) is 134 Å². The quantitative estimate of drug-likeness (QED) is 0.0674. The highest BCUT2D eigenvalue weighted by Gasteiger charge is 2.28. The van der Waals surface area contributed by atoms with Crippen LogP contribution in [0, 0.1) is 15.2 Å². The van der Waals surface area contributed by atoms with Crippen LogP contribution in [0.2, 0.25) is 5.02 Å². The molecular weight excluding hydrogens is 1040 g/mol. The standard InChI is InChI=1S/C26H22BrIN2O3.C25H19ClF2N2O3/c1-16(31)29-13-12-20-21-14-24(33-2)22(27)15-23(21)30(25(20)17-6-4-3-5-7-17)26(32)18-8-10-19(28)11-9-18;1-33-23-12-19-17(9-10-29-14-31)24(15-5-3-2-4-6-15)30(22(19)13-20(23)26)25(32)18-8-7-16(27)11-21(18)28/h3-11,14-15H,12-13H2,1-2H3,(H,29,31);2-8,11-14H,9-10H2,1H3,(H,29,31). The highest BCUT2D eigenvalue weighted by atomic mass is 127. The van der Waals surface area contributed by atoms with E-state index in [2.05, 4.69) is 49.2 Å². The molecule has 10 nitrogen and oxygen atoms in total. The largest absolute Gasteiger partial charge is 0.496 e. The predicted octanol–water partition coefficient (Wildman–Crippen LogP) is 11.3. The predicted molar refractivity (Wildman–Crippen MR) is 266 cm³/mol. The SMILES string of the molecule is COc1cc2c(CCNC(C)=O)c(-c3ccccc3)n(C(=O)c3ccc(I)cc3)c2cc1Br.COc1cc2c(CCNC=O)c(-c3ccccc3)n(C(=O)c3ccc(F)cc3F)c2cc1Cl. The Bertz CT molecular complexity index is 3110. The maximum atomic E-state index is 14.6. The molecular formula is C51H41BrClF2IN4O6. The van der Waals surface area contributed by atoms with Crippen molar-refractivity contribution >= 4 is 96.1 Å². The van der Waals surface area contributed by atoms with Gasteiger partial charge in [-0.2, -0.15) is 0 Å². The van der Waals surface area contributed by atoms with E-state index in [1.54, 1.807) is 23.8 Å². The van der Waals surface area contributed by atoms with E-state index >= 15 is 0 Å². The summed E-state index contributed by atoms with van der Waals surface area (Å²) >= 11 is 12.2. The lowest BCUT2D eigenvalue weighted by Gasteiger charge is -2.12. The van der Waals surface area contributed by atoms with Crippen molar-refractivity contribution in [2.24, 2.45) is 0 Å². The molecule has 0 radical (unpaired) electrons. The van der Waals surface area contributed by atoms with E-state index < -0.39 is 17.5 Å². The molecule has 0 aliphatic rings. The maximum absolute atomic E-state index is 14.6. The third-order valence-electron chi connectivity index (χ3n) is 10.8. The zero-order chi connectivity index (χ0) is 47.1. The molecule has 0 bridgehead atoms. The van der Waals surface area contributed by atoms with Crippen LogP contribution in [0.1, 0.15) is 38.8 Å². The van der Waals surface area contributed by atoms with Crippen molar-refractivity contribution < 1.29 is 37.4 Å². The fraction of sp³-hybridized carbons (Fsp3) is 0.137. The number of carbonyl (C=O) groups is 4. The van der Waals surface area contributed by atoms with Crippen LogP contribution in [0.15, 0.2) is 132 Å². The molecule has 0 aliphatic heterocycles. The van der Waals surface area contributed by atoms with Crippen LogP contribution in [-0.2, 0) is 22.4 Å². The number of rotatable bonds is 13. The number of hydrogen-bond acceptors (Lipinski definition) is 6. The van der Waals surface area contributed by atoms with Gasteiger partial charge in [-0.25, -0.2) is 8.78 Å². The van der Waals surface area contributed by atoms with Gasteiger partial charge in [-0.15, -0.1) is 0 Å². The fourth-order valence-electron chi connectivity index (χ4n) is 7.87. The van der Waals surface area contributed by atoms with Crippen molar-refractivity contribution in [3.8, 4) is 34.0 Å². The smallest absolute Gasteiger partial charge is 0.265 e. The zero-order valence-corrected chi connectivity index (χ0v) is 40.3. The van der Waals surface area contributed by atoms with Gasteiger partial charge in [0.05, 0.1) is 51.7 Å². The van der Waals surface area contributed by atoms with E-state index in [1.165, 1.54) is 18.6 Å². The Hall–Kier alpha value is -6.36. The van der Waals surface area contributed by atoms with Crippen molar-refractivity contribution in [1.82, 2.24) is 19.8 Å². The van der Waals surface area contributed by atoms with Crippen molar-refractivity contribution in [3.63, 3.8) is 0 Å². The van der Waals surface area contributed by atoms with Gasteiger partial charge in [0.1, 0.15) is 23.1 Å². The highest BCUT2D eigenvalue weighted by Crippen LogP contribution is 2.41. The maximum Gasteiger partial charge on any atom is 0.265 e. The molecule has 0 saturated carbocycles. The highest BCUT2D eigenvalue weighted by molar-refractivity contribution is 14.1. The summed E-state index contributed by atoms with van der Waals surface area (Å²) in [5, 5.41) is 7.36. The molecule has 0 spiro atoms. The van der Waals surface area contributed by atoms with Crippen LogP contribution in [-0.4, -0.2) is 60.6 Å². The topological polar surface area (TPSA) is 121 Å². The number of methoxy groups -OCH3 is 2. The van der Waals surface area contributed by atoms with E-state index in [0.717, 1.165) is 53.5 Å². The molecule has 2 heterocycles. The Morgan fingerprint density at radius 2 is 1.26 bits per heavy atom. The number of halogens is 5. The first-order valence-electron chi connectivity index (χ1n) is 20.5. The Labute approximate surface area is 406 Å². The summed E-state index contributed by atoms with van der Waals surface area (Å²) < 4.78 is 44.0. The molecule has 2 amide bonds. The Balaban J connectivity index is 0.000000196. The zero-order valence-electron chi connectivity index (χ0n) is 35.8. The number of nitrogens with zero attached hydrogens (tertiary/aromatic N) is 2. The first-order valence-corrected chi connectivity index (χ1v) is 22.8. The minimum absolute atomic E-state index is 0.0877. The third kappa shape index (κ3) is 10.1. The van der Waals surface area contributed by atoms with Crippen molar-refractivity contribution in [2.75, 3.05) is 27.3 Å². The average molecular weight is 1090 g/mol. The number of fused-ring (bicyclic) bond motifs is 2. The molecule has 8 rings (SSSR count). The first kappa shape index (κ1) is 47.6. The number of benzene rings is 6. The normalized spacial score (nSPS) is 10.9. The molecule has 336 valence electrons. The monoisotopic (exact) mass is 1080 g/mol. The second-order valence-corrected chi connectivity index (χ2v) is 17.4. The molecule has 0 saturated heterocycles. The second kappa shape index (κ2) is 21.3. The summed E-state index contributed by atoms with van der Waals surface area (Å²) in [4.78, 5) is 49.9. The van der Waals surface area contributed by atoms with Crippen LogP contribution >= 0.6 is 50.1 Å². The Kier molecular flexibility index (Phi) is 15.4. The van der Waals surface area contributed by atoms with Gasteiger partial charge in [0.2, 0.25) is 12.3 Å². The number of aromatic nitrogens is 2. The Morgan fingerprint density at radius 3 is 1.80 bits per heavy atom. The lowest BCUT2D eigenvalue weighted by molar-refractivity contribution is -0.119. The van der Waals surface area contributed by atoms with Gasteiger partial charge < -0.3 is 20.1 Å². The van der Waals surface area contributed by atoms with Crippen molar-refractivity contribution in [1.29, 1.82) is 0 Å². The minimum atomic E-state index is -0.968. The molecule has 66 heavy (non-hydrogen) atoms. The first-order chi connectivity index (χ1) is 31.9. The van der Waals surface area contributed by atoms with Gasteiger partial charge in [-0.3, -0.25) is 28.3 Å². The molecule has 0 aliphatic carbocycles. The summed E-state index contributed by atoms with van der Waals surface area (Å²) in [6.45, 7) is 2.28. The van der Waals surface area contributed by atoms with E-state index in [-0.39, 0.29) is 22.4 Å². The summed E-state index contributed by atoms with van der Waals surface area (Å²) in [5.41, 5.74) is 6.25. The second-order valence-electron chi connectivity index (χ2n) is 14.9. The fourth-order valence-corrected chi connectivity index (χ4v) is 8.96. The molecule has 0 fully saturated rings. The number of carbonyl (C=O) groups excluding carboxylic acids is 4. The van der Waals surface area contributed by atoms with Crippen LogP contribution in [0.25, 0.3) is 44.3 Å². The molecule has 0 atom stereocenters. The number of nitrogens with one attached hydrogen (secondary N) is 2. The molecule has 0 unspecified atom stereocenters. The minimum Gasteiger partial charge on any atom is -0.496 e. The molecule has 6 aromatic carbocycles. The van der Waals surface area contributed by atoms with Crippen molar-refractivity contribution in [3.05, 3.63) is 174 Å². The number of hydrogen-bond donors (Lipinski definition) is 2. The van der Waals surface area contributed by atoms with Crippen LogP contribution in [0.4, 0.5) is 8.78 Å². The van der Waals surface area contributed by atoms with Crippen LogP contribution in [0.5, 0.6) is 11.5 Å². The van der Waals surface area contributed by atoms with E-state index in [1.807, 2.05) is 97.1 Å². The van der Waals surface area contributed by atoms with Gasteiger partial charge in [0, 0.05) is 46.0 Å². The van der Waals surface area contributed by atoms with Gasteiger partial charge >= 0.3 is 0 Å². The molecule has 2 N–H and O–H groups in total. The van der Waals surface area contributed by atoms with Gasteiger partial charge in [-0.1, -0.05) is 72.3 Å². The van der Waals surface area contributed by atoms with E-state index in [0.29, 0.717) is 77.6 Å². The average Bonchev–Trinajstić information content (AvgIpc) is 3.79. The summed E-state index contributed by atoms with van der Waals surface area (Å²) in [6.07, 6.45) is 1.55. The molecule has 8 aromatic rings. The van der Waals surface area contributed by atoms with Gasteiger partial charge in [0.15, 0.2) is 0 Å². The molecule has 15 heteroatoms. The van der Waals surface area contributed by atoms with Crippen LogP contribution < -0.4 is 20.1 Å².